The average molecular weight is 685 g/mol. The summed E-state index contributed by atoms with van der Waals surface area (Å²) in [5.74, 6) is -0.766. The Morgan fingerprint density at radius 2 is 1.06 bits per heavy atom. The van der Waals surface area contributed by atoms with Crippen molar-refractivity contribution < 1.29 is 9.59 Å². The first kappa shape index (κ1) is 28.8. The molecule has 0 bridgehead atoms. The van der Waals surface area contributed by atoms with E-state index in [4.69, 9.17) is 0 Å². The van der Waals surface area contributed by atoms with Crippen LogP contribution in [0.15, 0.2) is 146 Å². The Morgan fingerprint density at radius 3 is 1.77 bits per heavy atom. The van der Waals surface area contributed by atoms with Crippen LogP contribution in [0.5, 0.6) is 0 Å². The predicted octanol–water partition coefficient (Wildman–Crippen LogP) is 10.9. The van der Waals surface area contributed by atoms with Crippen molar-refractivity contribution in [3.8, 4) is 17.4 Å². The number of carbonyl (C=O) groups excluding carboxylic acids is 2. The maximum Gasteiger partial charge on any atom is 0.266 e. The number of amides is 2. The molecule has 0 unspecified atom stereocenters. The van der Waals surface area contributed by atoms with Gasteiger partial charge in [-0.2, -0.15) is 5.26 Å². The van der Waals surface area contributed by atoms with Gasteiger partial charge in [0.1, 0.15) is 0 Å². The smallest absolute Gasteiger partial charge is 0.266 e. The van der Waals surface area contributed by atoms with Gasteiger partial charge in [0.05, 0.1) is 56.2 Å². The Morgan fingerprint density at radius 1 is 0.462 bits per heavy atom. The van der Waals surface area contributed by atoms with Gasteiger partial charge in [0.15, 0.2) is 0 Å². The number of rotatable bonds is 3. The summed E-state index contributed by atoms with van der Waals surface area (Å²) in [6.07, 6.45) is 0. The number of imide groups is 1. The molecule has 0 spiro atoms. The number of fused-ring (bicyclic) bond motifs is 10. The monoisotopic (exact) mass is 684 g/mol. The average Bonchev–Trinajstić information content (AvgIpc) is 3.90. The Kier molecular flexibility index (Phi) is 5.81. The van der Waals surface area contributed by atoms with Crippen LogP contribution in [0.25, 0.3) is 75.2 Å². The summed E-state index contributed by atoms with van der Waals surface area (Å²) < 4.78 is 6.93. The summed E-state index contributed by atoms with van der Waals surface area (Å²) in [5.41, 5.74) is 7.13. The highest BCUT2D eigenvalue weighted by Crippen LogP contribution is 2.43. The molecule has 52 heavy (non-hydrogen) atoms. The number of anilines is 1. The fourth-order valence-electron chi connectivity index (χ4n) is 8.19. The molecule has 0 fully saturated rings. The van der Waals surface area contributed by atoms with Crippen LogP contribution in [0.4, 0.5) is 5.69 Å². The van der Waals surface area contributed by atoms with E-state index in [1.54, 1.807) is 53.8 Å². The first-order chi connectivity index (χ1) is 25.6. The summed E-state index contributed by atoms with van der Waals surface area (Å²) in [6.45, 7) is 0. The van der Waals surface area contributed by atoms with Crippen LogP contribution >= 0.6 is 11.3 Å². The molecule has 7 heteroatoms. The minimum atomic E-state index is -0.383. The minimum absolute atomic E-state index is 0.367. The lowest BCUT2D eigenvalue weighted by molar-refractivity contribution is 0.0926. The number of nitrogens with zero attached hydrogens (tertiary/aromatic N) is 4. The molecule has 0 saturated heterocycles. The second kappa shape index (κ2) is 10.5. The summed E-state index contributed by atoms with van der Waals surface area (Å²) in [7, 11) is 0. The highest BCUT2D eigenvalue weighted by molar-refractivity contribution is 7.25. The number of hydrogen-bond acceptors (Lipinski definition) is 4. The van der Waals surface area contributed by atoms with Crippen LogP contribution in [0.3, 0.4) is 0 Å². The molecule has 0 saturated carbocycles. The van der Waals surface area contributed by atoms with Crippen molar-refractivity contribution >= 4 is 92.6 Å². The van der Waals surface area contributed by atoms with Crippen molar-refractivity contribution in [2.75, 3.05) is 4.90 Å². The molecule has 3 aromatic heterocycles. The van der Waals surface area contributed by atoms with Crippen LogP contribution in [0.2, 0.25) is 0 Å². The van der Waals surface area contributed by atoms with Crippen molar-refractivity contribution in [2.24, 2.45) is 0 Å². The zero-order valence-electron chi connectivity index (χ0n) is 27.4. The molecular formula is C45H24N4O2S. The molecule has 0 atom stereocenters. The Hall–Kier alpha value is -7.01. The first-order valence-corrected chi connectivity index (χ1v) is 17.8. The van der Waals surface area contributed by atoms with Crippen LogP contribution in [-0.2, 0) is 0 Å². The topological polar surface area (TPSA) is 71.0 Å². The van der Waals surface area contributed by atoms with Gasteiger partial charge in [0.2, 0.25) is 0 Å². The van der Waals surface area contributed by atoms with Gasteiger partial charge in [-0.3, -0.25) is 9.59 Å². The van der Waals surface area contributed by atoms with E-state index in [0.717, 1.165) is 49.3 Å². The molecule has 242 valence electrons. The molecule has 2 amide bonds. The zero-order chi connectivity index (χ0) is 34.7. The van der Waals surface area contributed by atoms with Gasteiger partial charge in [0, 0.05) is 47.4 Å². The molecule has 0 radical (unpaired) electrons. The van der Waals surface area contributed by atoms with E-state index in [1.807, 2.05) is 18.2 Å². The number of thiophene rings is 1. The van der Waals surface area contributed by atoms with Gasteiger partial charge in [0.25, 0.3) is 11.8 Å². The van der Waals surface area contributed by atoms with Gasteiger partial charge in [-0.05, 0) is 78.9 Å². The van der Waals surface area contributed by atoms with Crippen molar-refractivity contribution in [3.63, 3.8) is 0 Å². The van der Waals surface area contributed by atoms with Crippen LogP contribution in [0, 0.1) is 11.3 Å². The molecule has 1 aliphatic heterocycles. The van der Waals surface area contributed by atoms with Gasteiger partial charge < -0.3 is 9.13 Å². The quantitative estimate of drug-likeness (QED) is 0.174. The predicted molar refractivity (Wildman–Crippen MR) is 210 cm³/mol. The molecule has 10 aromatic rings. The third-order valence-corrected chi connectivity index (χ3v) is 11.6. The van der Waals surface area contributed by atoms with E-state index in [9.17, 15) is 14.9 Å². The maximum atomic E-state index is 13.9. The Balaban J connectivity index is 1.24. The maximum absolute atomic E-state index is 13.9. The van der Waals surface area contributed by atoms with Gasteiger partial charge in [-0.25, -0.2) is 4.90 Å². The first-order valence-electron chi connectivity index (χ1n) is 17.0. The third kappa shape index (κ3) is 3.81. The fourth-order valence-corrected chi connectivity index (χ4v) is 9.28. The number of aromatic nitrogens is 2. The lowest BCUT2D eigenvalue weighted by Crippen LogP contribution is -2.30. The molecule has 6 nitrogen and oxygen atoms in total. The summed E-state index contributed by atoms with van der Waals surface area (Å²) in [4.78, 5) is 29.0. The highest BCUT2D eigenvalue weighted by atomic mass is 32.1. The highest BCUT2D eigenvalue weighted by Gasteiger charge is 2.38. The van der Waals surface area contributed by atoms with E-state index in [2.05, 4.69) is 100 Å². The van der Waals surface area contributed by atoms with Gasteiger partial charge >= 0.3 is 0 Å². The van der Waals surface area contributed by atoms with Crippen molar-refractivity contribution in [2.45, 2.75) is 0 Å². The molecule has 1 aliphatic rings. The standard InChI is InChI=1S/C45H24N4O2S/c46-25-26-17-19-38(49-44(50)31-12-1-2-13-32(31)45(49)51)41(21-26)48-37-15-7-4-10-29(37)34-23-33-28-9-3-6-14-36(28)47(39(33)24-40(34)48)27-18-20-43-35(22-27)30-11-5-8-16-42(30)52-43/h1-24H. The minimum Gasteiger partial charge on any atom is -0.309 e. The van der Waals surface area contributed by atoms with Crippen LogP contribution < -0.4 is 4.90 Å². The Bertz CT molecular complexity index is 3230. The molecule has 4 heterocycles. The number of benzene rings is 7. The second-order valence-corrected chi connectivity index (χ2v) is 14.3. The molecular weight excluding hydrogens is 661 g/mol. The normalized spacial score (nSPS) is 13.0. The van der Waals surface area contributed by atoms with E-state index < -0.39 is 0 Å². The zero-order valence-corrected chi connectivity index (χ0v) is 28.2. The summed E-state index contributed by atoms with van der Waals surface area (Å²) >= 11 is 1.80. The fraction of sp³-hybridized carbons (Fsp3) is 0. The number of hydrogen-bond donors (Lipinski definition) is 0. The van der Waals surface area contributed by atoms with Gasteiger partial charge in [-0.15, -0.1) is 11.3 Å². The lowest BCUT2D eigenvalue weighted by atomic mass is 10.1. The third-order valence-electron chi connectivity index (χ3n) is 10.5. The van der Waals surface area contributed by atoms with Crippen molar-refractivity contribution in [3.05, 3.63) is 162 Å². The largest absolute Gasteiger partial charge is 0.309 e. The Labute approximate surface area is 300 Å². The summed E-state index contributed by atoms with van der Waals surface area (Å²) in [5, 5.41) is 16.9. The van der Waals surface area contributed by atoms with E-state index in [0.29, 0.717) is 28.1 Å². The van der Waals surface area contributed by atoms with Crippen molar-refractivity contribution in [1.82, 2.24) is 9.13 Å². The SMILES string of the molecule is N#Cc1ccc(N2C(=O)c3ccccc3C2=O)c(-n2c3ccccc3c3cc4c5ccccc5n(-c5ccc6sc7ccccc7c6c5)c4cc32)c1. The van der Waals surface area contributed by atoms with Crippen LogP contribution in [-0.4, -0.2) is 20.9 Å². The van der Waals surface area contributed by atoms with Crippen LogP contribution in [0.1, 0.15) is 26.3 Å². The van der Waals surface area contributed by atoms with E-state index >= 15 is 0 Å². The van der Waals surface area contributed by atoms with Crippen molar-refractivity contribution in [1.29, 1.82) is 5.26 Å². The van der Waals surface area contributed by atoms with E-state index in [-0.39, 0.29) is 11.8 Å². The summed E-state index contributed by atoms with van der Waals surface area (Å²) in [6, 6.07) is 50.7. The second-order valence-electron chi connectivity index (χ2n) is 13.2. The number of nitriles is 1. The number of para-hydroxylation sites is 2. The molecule has 11 rings (SSSR count). The van der Waals surface area contributed by atoms with E-state index in [1.165, 1.54) is 25.1 Å². The number of carbonyl (C=O) groups is 2. The lowest BCUT2D eigenvalue weighted by Gasteiger charge is -2.20. The molecule has 0 aliphatic carbocycles. The molecule has 0 N–H and O–H groups in total. The molecule has 7 aromatic carbocycles. The van der Waals surface area contributed by atoms with Gasteiger partial charge in [-0.1, -0.05) is 66.7 Å².